The summed E-state index contributed by atoms with van der Waals surface area (Å²) in [6.45, 7) is 8.05. The second-order valence-corrected chi connectivity index (χ2v) is 7.32. The molecule has 1 aliphatic heterocycles. The van der Waals surface area contributed by atoms with Crippen LogP contribution in [0.25, 0.3) is 11.8 Å². The Balaban J connectivity index is 1.99. The molecule has 1 aliphatic rings. The van der Waals surface area contributed by atoms with Crippen molar-refractivity contribution in [2.45, 2.75) is 40.2 Å². The summed E-state index contributed by atoms with van der Waals surface area (Å²) in [6, 6.07) is 10.00. The van der Waals surface area contributed by atoms with Crippen molar-refractivity contribution in [3.8, 4) is 5.69 Å². The molecule has 1 aromatic heterocycles. The topological polar surface area (TPSA) is 42.3 Å². The molecule has 2 heterocycles. The monoisotopic (exact) mass is 354 g/mol. The van der Waals surface area contributed by atoms with Gasteiger partial charge in [0.25, 0.3) is 11.1 Å². The molecular formula is C20H22N2O2S. The molecule has 0 spiro atoms. The van der Waals surface area contributed by atoms with Crippen LogP contribution in [0.2, 0.25) is 0 Å². The van der Waals surface area contributed by atoms with Gasteiger partial charge in [0.2, 0.25) is 0 Å². The summed E-state index contributed by atoms with van der Waals surface area (Å²) in [5.74, 6) is -0.196. The summed E-state index contributed by atoms with van der Waals surface area (Å²) in [4.78, 5) is 26.7. The van der Waals surface area contributed by atoms with Gasteiger partial charge in [-0.25, -0.2) is 0 Å². The second kappa shape index (κ2) is 6.92. The highest BCUT2D eigenvalue weighted by Gasteiger charge is 2.37. The van der Waals surface area contributed by atoms with Crippen LogP contribution in [0.15, 0.2) is 41.4 Å². The van der Waals surface area contributed by atoms with Crippen LogP contribution >= 0.6 is 11.8 Å². The average Bonchev–Trinajstić information content (AvgIpc) is 3.15. The van der Waals surface area contributed by atoms with Crippen molar-refractivity contribution < 1.29 is 9.59 Å². The molecule has 3 rings (SSSR count). The van der Waals surface area contributed by atoms with E-state index in [2.05, 4.69) is 30.5 Å². The lowest BCUT2D eigenvalue weighted by atomic mass is 10.1. The fraction of sp³-hybridized carbons (Fsp3) is 0.300. The van der Waals surface area contributed by atoms with Gasteiger partial charge in [-0.3, -0.25) is 14.5 Å². The van der Waals surface area contributed by atoms with Crippen LogP contribution in [0.4, 0.5) is 4.79 Å². The van der Waals surface area contributed by atoms with Crippen LogP contribution in [-0.2, 0) is 4.79 Å². The first kappa shape index (κ1) is 17.5. The van der Waals surface area contributed by atoms with Crippen LogP contribution < -0.4 is 0 Å². The first-order chi connectivity index (χ1) is 11.9. The SMILES string of the molecule is CC[C@H](C)N1C(=O)S/C(=C/c2cccn2-c2cccc(C)c2C)C1=O. The fourth-order valence-corrected chi connectivity index (χ4v) is 3.82. The van der Waals surface area contributed by atoms with E-state index in [9.17, 15) is 9.59 Å². The van der Waals surface area contributed by atoms with Gasteiger partial charge in [0.15, 0.2) is 0 Å². The van der Waals surface area contributed by atoms with E-state index in [-0.39, 0.29) is 17.2 Å². The standard InChI is InChI=1S/C20H22N2O2S/c1-5-14(3)22-19(23)18(25-20(22)24)12-16-9-7-11-21(16)17-10-6-8-13(2)15(17)4/h6-12,14H,5H2,1-4H3/b18-12+/t14-/m0/s1. The third-order valence-corrected chi connectivity index (χ3v) is 5.63. The Morgan fingerprint density at radius 1 is 1.16 bits per heavy atom. The van der Waals surface area contributed by atoms with Crippen molar-refractivity contribution in [2.75, 3.05) is 0 Å². The minimum Gasteiger partial charge on any atom is -0.317 e. The summed E-state index contributed by atoms with van der Waals surface area (Å²) in [5, 5.41) is -0.185. The van der Waals surface area contributed by atoms with Gasteiger partial charge >= 0.3 is 0 Å². The third kappa shape index (κ3) is 3.16. The number of carbonyl (C=O) groups is 2. The number of rotatable bonds is 4. The first-order valence-corrected chi connectivity index (χ1v) is 9.26. The van der Waals surface area contributed by atoms with E-state index >= 15 is 0 Å². The van der Waals surface area contributed by atoms with Gasteiger partial charge < -0.3 is 4.57 Å². The van der Waals surface area contributed by atoms with Gasteiger partial charge in [0.1, 0.15) is 0 Å². The molecule has 0 bridgehead atoms. The first-order valence-electron chi connectivity index (χ1n) is 8.45. The summed E-state index contributed by atoms with van der Waals surface area (Å²) in [5.41, 5.74) is 4.39. The molecule has 0 aliphatic carbocycles. The van der Waals surface area contributed by atoms with Crippen molar-refractivity contribution in [3.05, 3.63) is 58.3 Å². The predicted octanol–water partition coefficient (Wildman–Crippen LogP) is 4.93. The maximum absolute atomic E-state index is 12.6. The molecule has 0 radical (unpaired) electrons. The minimum absolute atomic E-state index is 0.0794. The van der Waals surface area contributed by atoms with E-state index in [1.807, 2.05) is 44.3 Å². The number of nitrogens with zero attached hydrogens (tertiary/aromatic N) is 2. The lowest BCUT2D eigenvalue weighted by molar-refractivity contribution is -0.124. The second-order valence-electron chi connectivity index (χ2n) is 6.33. The molecule has 0 saturated carbocycles. The normalized spacial score (nSPS) is 17.6. The van der Waals surface area contributed by atoms with Crippen molar-refractivity contribution >= 4 is 29.0 Å². The van der Waals surface area contributed by atoms with Crippen LogP contribution in [0.5, 0.6) is 0 Å². The molecule has 2 amide bonds. The maximum atomic E-state index is 12.6. The molecule has 0 unspecified atom stereocenters. The zero-order chi connectivity index (χ0) is 18.1. The maximum Gasteiger partial charge on any atom is 0.293 e. The molecule has 2 aromatic rings. The highest BCUT2D eigenvalue weighted by atomic mass is 32.2. The number of aryl methyl sites for hydroxylation is 1. The van der Waals surface area contributed by atoms with Gasteiger partial charge in [0.05, 0.1) is 4.91 Å². The predicted molar refractivity (Wildman–Crippen MR) is 103 cm³/mol. The Labute approximate surface area is 152 Å². The lowest BCUT2D eigenvalue weighted by Crippen LogP contribution is -2.36. The Morgan fingerprint density at radius 2 is 1.92 bits per heavy atom. The molecule has 4 nitrogen and oxygen atoms in total. The number of carbonyl (C=O) groups excluding carboxylic acids is 2. The molecule has 130 valence electrons. The number of benzene rings is 1. The smallest absolute Gasteiger partial charge is 0.293 e. The van der Waals surface area contributed by atoms with Crippen LogP contribution in [0.1, 0.15) is 37.1 Å². The zero-order valence-corrected chi connectivity index (χ0v) is 15.8. The van der Waals surface area contributed by atoms with E-state index in [1.54, 1.807) is 0 Å². The minimum atomic E-state index is -0.196. The summed E-state index contributed by atoms with van der Waals surface area (Å²) < 4.78 is 2.06. The van der Waals surface area contributed by atoms with Gasteiger partial charge in [-0.1, -0.05) is 19.1 Å². The summed E-state index contributed by atoms with van der Waals surface area (Å²) in [6.07, 6.45) is 4.55. The Morgan fingerprint density at radius 3 is 2.64 bits per heavy atom. The Bertz CT molecular complexity index is 866. The number of hydrogen-bond donors (Lipinski definition) is 0. The Kier molecular flexibility index (Phi) is 4.86. The van der Waals surface area contributed by atoms with E-state index in [0.29, 0.717) is 4.91 Å². The summed E-state index contributed by atoms with van der Waals surface area (Å²) >= 11 is 1.02. The molecule has 0 N–H and O–H groups in total. The van der Waals surface area contributed by atoms with Crippen molar-refractivity contribution in [2.24, 2.45) is 0 Å². The number of aromatic nitrogens is 1. The van der Waals surface area contributed by atoms with E-state index in [1.165, 1.54) is 16.0 Å². The molecule has 25 heavy (non-hydrogen) atoms. The van der Waals surface area contributed by atoms with Gasteiger partial charge in [-0.15, -0.1) is 0 Å². The molecule has 1 saturated heterocycles. The molecular weight excluding hydrogens is 332 g/mol. The van der Waals surface area contributed by atoms with Crippen molar-refractivity contribution in [3.63, 3.8) is 0 Å². The number of hydrogen-bond acceptors (Lipinski definition) is 3. The number of thioether (sulfide) groups is 1. The number of amides is 2. The van der Waals surface area contributed by atoms with Crippen LogP contribution in [0.3, 0.4) is 0 Å². The van der Waals surface area contributed by atoms with E-state index < -0.39 is 0 Å². The van der Waals surface area contributed by atoms with E-state index in [0.717, 1.165) is 29.6 Å². The Hall–Kier alpha value is -2.27. The summed E-state index contributed by atoms with van der Waals surface area (Å²) in [7, 11) is 0. The quantitative estimate of drug-likeness (QED) is 0.731. The van der Waals surface area contributed by atoms with Gasteiger partial charge in [-0.05, 0) is 74.4 Å². The average molecular weight is 354 g/mol. The highest BCUT2D eigenvalue weighted by molar-refractivity contribution is 8.18. The third-order valence-electron chi connectivity index (χ3n) is 4.75. The van der Waals surface area contributed by atoms with Crippen LogP contribution in [0, 0.1) is 13.8 Å². The largest absolute Gasteiger partial charge is 0.317 e. The molecule has 1 fully saturated rings. The van der Waals surface area contributed by atoms with Crippen molar-refractivity contribution in [1.82, 2.24) is 9.47 Å². The number of imide groups is 1. The fourth-order valence-electron chi connectivity index (χ4n) is 2.90. The van der Waals surface area contributed by atoms with E-state index in [4.69, 9.17) is 0 Å². The zero-order valence-electron chi connectivity index (χ0n) is 14.9. The van der Waals surface area contributed by atoms with Crippen molar-refractivity contribution in [1.29, 1.82) is 0 Å². The van der Waals surface area contributed by atoms with Gasteiger partial charge in [-0.2, -0.15) is 0 Å². The molecule has 1 aromatic carbocycles. The molecule has 1 atom stereocenters. The van der Waals surface area contributed by atoms with Gasteiger partial charge in [0, 0.05) is 23.6 Å². The molecule has 5 heteroatoms. The lowest BCUT2D eigenvalue weighted by Gasteiger charge is -2.19. The van der Waals surface area contributed by atoms with Crippen LogP contribution in [-0.4, -0.2) is 26.7 Å². The highest BCUT2D eigenvalue weighted by Crippen LogP contribution is 2.34.